The van der Waals surface area contributed by atoms with Crippen LogP contribution in [0.15, 0.2) is 21.5 Å². The van der Waals surface area contributed by atoms with E-state index in [4.69, 9.17) is 0 Å². The standard InChI is InChI=1S/C15H22BrNO2S/c1-11-9-12(2)15(10-14(11)16)20(18,19)17(3)13-7-5-4-6-8-13/h9-10,13H,4-8H2,1-3H3. The molecule has 0 spiro atoms. The van der Waals surface area contributed by atoms with Gasteiger partial charge >= 0.3 is 0 Å². The predicted molar refractivity (Wildman–Crippen MR) is 85.4 cm³/mol. The molecule has 3 nitrogen and oxygen atoms in total. The summed E-state index contributed by atoms with van der Waals surface area (Å²) in [6.07, 6.45) is 5.42. The van der Waals surface area contributed by atoms with Crippen LogP contribution in [0.5, 0.6) is 0 Å². The van der Waals surface area contributed by atoms with E-state index in [0.29, 0.717) is 4.90 Å². The average molecular weight is 360 g/mol. The highest BCUT2D eigenvalue weighted by Crippen LogP contribution is 2.30. The van der Waals surface area contributed by atoms with Crippen molar-refractivity contribution >= 4 is 26.0 Å². The molecule has 0 N–H and O–H groups in total. The number of rotatable bonds is 3. The highest BCUT2D eigenvalue weighted by atomic mass is 79.9. The van der Waals surface area contributed by atoms with E-state index in [9.17, 15) is 8.42 Å². The third-order valence-electron chi connectivity index (χ3n) is 4.20. The predicted octanol–water partition coefficient (Wildman–Crippen LogP) is 4.02. The van der Waals surface area contributed by atoms with Crippen molar-refractivity contribution in [2.24, 2.45) is 0 Å². The molecule has 1 saturated carbocycles. The highest BCUT2D eigenvalue weighted by molar-refractivity contribution is 9.10. The molecule has 1 aromatic carbocycles. The Labute approximate surface area is 130 Å². The molecule has 0 amide bonds. The summed E-state index contributed by atoms with van der Waals surface area (Å²) in [6, 6.07) is 3.80. The van der Waals surface area contributed by atoms with Crippen LogP contribution in [0.4, 0.5) is 0 Å². The summed E-state index contributed by atoms with van der Waals surface area (Å²) in [5.74, 6) is 0. The molecule has 0 aromatic heterocycles. The third kappa shape index (κ3) is 3.10. The summed E-state index contributed by atoms with van der Waals surface area (Å²) in [5.41, 5.74) is 1.87. The molecule has 0 atom stereocenters. The second kappa shape index (κ2) is 6.16. The van der Waals surface area contributed by atoms with Crippen molar-refractivity contribution < 1.29 is 8.42 Å². The van der Waals surface area contributed by atoms with Gasteiger partial charge in [-0.05, 0) is 43.9 Å². The Morgan fingerprint density at radius 2 is 1.70 bits per heavy atom. The van der Waals surface area contributed by atoms with Crippen LogP contribution in [0.2, 0.25) is 0 Å². The molecule has 20 heavy (non-hydrogen) atoms. The number of aryl methyl sites for hydroxylation is 2. The van der Waals surface area contributed by atoms with Crippen molar-refractivity contribution in [2.45, 2.75) is 56.9 Å². The van der Waals surface area contributed by atoms with Crippen LogP contribution in [0.25, 0.3) is 0 Å². The van der Waals surface area contributed by atoms with E-state index < -0.39 is 10.0 Å². The van der Waals surface area contributed by atoms with Gasteiger partial charge in [-0.15, -0.1) is 0 Å². The van der Waals surface area contributed by atoms with Gasteiger partial charge in [0.2, 0.25) is 10.0 Å². The summed E-state index contributed by atoms with van der Waals surface area (Å²) >= 11 is 3.43. The zero-order valence-electron chi connectivity index (χ0n) is 12.3. The van der Waals surface area contributed by atoms with Gasteiger partial charge in [-0.25, -0.2) is 8.42 Å². The van der Waals surface area contributed by atoms with Crippen molar-refractivity contribution in [3.63, 3.8) is 0 Å². The Morgan fingerprint density at radius 3 is 2.30 bits per heavy atom. The van der Waals surface area contributed by atoms with E-state index in [1.165, 1.54) is 6.42 Å². The van der Waals surface area contributed by atoms with Gasteiger partial charge < -0.3 is 0 Å². The van der Waals surface area contributed by atoms with E-state index >= 15 is 0 Å². The van der Waals surface area contributed by atoms with Crippen LogP contribution in [0.1, 0.15) is 43.2 Å². The van der Waals surface area contributed by atoms with Gasteiger partial charge in [0.05, 0.1) is 4.90 Å². The molecule has 5 heteroatoms. The van der Waals surface area contributed by atoms with Crippen LogP contribution >= 0.6 is 15.9 Å². The van der Waals surface area contributed by atoms with Crippen LogP contribution in [-0.4, -0.2) is 25.8 Å². The molecule has 0 heterocycles. The summed E-state index contributed by atoms with van der Waals surface area (Å²) in [5, 5.41) is 0. The second-order valence-corrected chi connectivity index (χ2v) is 8.50. The van der Waals surface area contributed by atoms with Crippen molar-refractivity contribution in [2.75, 3.05) is 7.05 Å². The quantitative estimate of drug-likeness (QED) is 0.817. The minimum absolute atomic E-state index is 0.147. The molecule has 1 aliphatic carbocycles. The lowest BCUT2D eigenvalue weighted by atomic mass is 9.96. The topological polar surface area (TPSA) is 37.4 Å². The smallest absolute Gasteiger partial charge is 0.207 e. The SMILES string of the molecule is Cc1cc(C)c(S(=O)(=O)N(C)C2CCCCC2)cc1Br. The van der Waals surface area contributed by atoms with E-state index in [2.05, 4.69) is 15.9 Å². The number of hydrogen-bond donors (Lipinski definition) is 0. The molecule has 1 fully saturated rings. The summed E-state index contributed by atoms with van der Waals surface area (Å²) in [6.45, 7) is 3.83. The first-order valence-corrected chi connectivity index (χ1v) is 9.32. The summed E-state index contributed by atoms with van der Waals surface area (Å²) in [4.78, 5) is 0.419. The average Bonchev–Trinajstić information content (AvgIpc) is 2.42. The number of sulfonamides is 1. The van der Waals surface area contributed by atoms with Gasteiger partial charge in [-0.3, -0.25) is 0 Å². The fourth-order valence-electron chi connectivity index (χ4n) is 2.88. The molecule has 0 unspecified atom stereocenters. The van der Waals surface area contributed by atoms with Gasteiger partial charge in [0.1, 0.15) is 0 Å². The molecule has 2 rings (SSSR count). The molecule has 0 saturated heterocycles. The maximum absolute atomic E-state index is 12.8. The van der Waals surface area contributed by atoms with E-state index in [0.717, 1.165) is 41.3 Å². The Hall–Kier alpha value is -0.390. The zero-order chi connectivity index (χ0) is 14.9. The van der Waals surface area contributed by atoms with Gasteiger partial charge in [0, 0.05) is 17.6 Å². The first-order valence-electron chi connectivity index (χ1n) is 7.09. The van der Waals surface area contributed by atoms with Crippen molar-refractivity contribution in [3.05, 3.63) is 27.7 Å². The van der Waals surface area contributed by atoms with Gasteiger partial charge in [0.15, 0.2) is 0 Å². The molecular weight excluding hydrogens is 338 g/mol. The molecule has 0 radical (unpaired) electrons. The zero-order valence-corrected chi connectivity index (χ0v) is 14.7. The number of nitrogens with zero attached hydrogens (tertiary/aromatic N) is 1. The summed E-state index contributed by atoms with van der Waals surface area (Å²) < 4.78 is 28.1. The van der Waals surface area contributed by atoms with Crippen LogP contribution in [-0.2, 0) is 10.0 Å². The lowest BCUT2D eigenvalue weighted by Gasteiger charge is -2.31. The van der Waals surface area contributed by atoms with Crippen LogP contribution < -0.4 is 0 Å². The minimum atomic E-state index is -3.41. The third-order valence-corrected chi connectivity index (χ3v) is 7.11. The molecule has 0 bridgehead atoms. The second-order valence-electron chi connectivity index (χ2n) is 5.68. The maximum atomic E-state index is 12.8. The van der Waals surface area contributed by atoms with Gasteiger partial charge in [-0.1, -0.05) is 41.3 Å². The number of hydrogen-bond acceptors (Lipinski definition) is 2. The van der Waals surface area contributed by atoms with E-state index in [1.807, 2.05) is 19.9 Å². The minimum Gasteiger partial charge on any atom is -0.207 e. The van der Waals surface area contributed by atoms with E-state index in [-0.39, 0.29) is 6.04 Å². The van der Waals surface area contributed by atoms with Crippen molar-refractivity contribution in [3.8, 4) is 0 Å². The molecule has 0 aliphatic heterocycles. The summed E-state index contributed by atoms with van der Waals surface area (Å²) in [7, 11) is -1.68. The molecule has 112 valence electrons. The Morgan fingerprint density at radius 1 is 1.10 bits per heavy atom. The lowest BCUT2D eigenvalue weighted by Crippen LogP contribution is -2.38. The molecule has 1 aromatic rings. The Kier molecular flexibility index (Phi) is 4.92. The molecular formula is C15H22BrNO2S. The van der Waals surface area contributed by atoms with Crippen LogP contribution in [0.3, 0.4) is 0 Å². The fraction of sp³-hybridized carbons (Fsp3) is 0.600. The fourth-order valence-corrected chi connectivity index (χ4v) is 5.02. The normalized spacial score (nSPS) is 17.6. The first-order chi connectivity index (χ1) is 9.34. The first kappa shape index (κ1) is 16.0. The number of halogens is 1. The lowest BCUT2D eigenvalue weighted by molar-refractivity contribution is 0.285. The Bertz CT molecular complexity index is 592. The highest BCUT2D eigenvalue weighted by Gasteiger charge is 2.30. The largest absolute Gasteiger partial charge is 0.243 e. The van der Waals surface area contributed by atoms with Crippen molar-refractivity contribution in [1.82, 2.24) is 4.31 Å². The molecule has 1 aliphatic rings. The monoisotopic (exact) mass is 359 g/mol. The van der Waals surface area contributed by atoms with Crippen molar-refractivity contribution in [1.29, 1.82) is 0 Å². The van der Waals surface area contributed by atoms with E-state index in [1.54, 1.807) is 17.4 Å². The van der Waals surface area contributed by atoms with Crippen LogP contribution in [0, 0.1) is 13.8 Å². The van der Waals surface area contributed by atoms with Gasteiger partial charge in [0.25, 0.3) is 0 Å². The van der Waals surface area contributed by atoms with Gasteiger partial charge in [-0.2, -0.15) is 4.31 Å². The maximum Gasteiger partial charge on any atom is 0.243 e. The Balaban J connectivity index is 2.36. The number of benzene rings is 1.